The molecule has 0 radical (unpaired) electrons. The van der Waals surface area contributed by atoms with Gasteiger partial charge in [-0.25, -0.2) is 8.78 Å². The van der Waals surface area contributed by atoms with Crippen molar-refractivity contribution in [3.05, 3.63) is 57.6 Å². The maximum absolute atomic E-state index is 13.7. The first-order chi connectivity index (χ1) is 9.01. The minimum atomic E-state index is -0.767. The van der Waals surface area contributed by atoms with Crippen LogP contribution in [0.4, 0.5) is 8.78 Å². The molecule has 0 aliphatic carbocycles. The summed E-state index contributed by atoms with van der Waals surface area (Å²) in [6.07, 6.45) is 0. The molecule has 0 unspecified atom stereocenters. The van der Waals surface area contributed by atoms with E-state index in [1.165, 1.54) is 0 Å². The summed E-state index contributed by atoms with van der Waals surface area (Å²) in [7, 11) is 0. The molecule has 0 aliphatic rings. The average molecular weight is 348 g/mol. The number of halogens is 4. The van der Waals surface area contributed by atoms with Crippen molar-refractivity contribution in [3.8, 4) is 11.5 Å². The van der Waals surface area contributed by atoms with Crippen LogP contribution in [-0.4, -0.2) is 0 Å². The molecule has 2 aromatic carbocycles. The predicted octanol–water partition coefficient (Wildman–Crippen LogP) is 5.57. The molecule has 5 heteroatoms. The van der Waals surface area contributed by atoms with Crippen LogP contribution in [0.25, 0.3) is 0 Å². The third kappa shape index (κ3) is 3.25. The Kier molecular flexibility index (Phi) is 4.42. The molecule has 2 aromatic rings. The van der Waals surface area contributed by atoms with Gasteiger partial charge >= 0.3 is 0 Å². The summed E-state index contributed by atoms with van der Waals surface area (Å²) in [6.45, 7) is 1.86. The van der Waals surface area contributed by atoms with E-state index in [-0.39, 0.29) is 5.88 Å². The molecule has 1 nitrogen and oxygen atoms in total. The van der Waals surface area contributed by atoms with Gasteiger partial charge in [-0.15, -0.1) is 11.6 Å². The first kappa shape index (κ1) is 14.3. The summed E-state index contributed by atoms with van der Waals surface area (Å²) < 4.78 is 33.6. The molecule has 0 saturated heterocycles. The summed E-state index contributed by atoms with van der Waals surface area (Å²) >= 11 is 8.89. The van der Waals surface area contributed by atoms with E-state index in [1.54, 1.807) is 18.2 Å². The number of rotatable bonds is 3. The van der Waals surface area contributed by atoms with Crippen LogP contribution in [0.1, 0.15) is 11.1 Å². The van der Waals surface area contributed by atoms with Crippen LogP contribution < -0.4 is 4.74 Å². The van der Waals surface area contributed by atoms with Gasteiger partial charge in [-0.05, 0) is 48.4 Å². The van der Waals surface area contributed by atoms with Crippen molar-refractivity contribution in [2.45, 2.75) is 12.8 Å². The molecule has 0 heterocycles. The van der Waals surface area contributed by atoms with Crippen molar-refractivity contribution >= 4 is 27.5 Å². The second-order valence-electron chi connectivity index (χ2n) is 4.04. The number of ether oxygens (including phenoxy) is 1. The number of benzene rings is 2. The van der Waals surface area contributed by atoms with Gasteiger partial charge in [-0.1, -0.05) is 15.9 Å². The molecule has 2 rings (SSSR count). The van der Waals surface area contributed by atoms with Gasteiger partial charge in [0.15, 0.2) is 17.4 Å². The fourth-order valence-electron chi connectivity index (χ4n) is 1.59. The van der Waals surface area contributed by atoms with Crippen LogP contribution in [0.5, 0.6) is 11.5 Å². The number of hydrogen-bond donors (Lipinski definition) is 0. The number of hydrogen-bond acceptors (Lipinski definition) is 1. The fourth-order valence-corrected chi connectivity index (χ4v) is 1.99. The quantitative estimate of drug-likeness (QED) is 0.660. The molecule has 19 heavy (non-hydrogen) atoms. The standard InChI is InChI=1S/C14H10BrClF2O/c1-8-4-10(2-3-11(8)15)19-14-12(17)5-9(7-16)6-13(14)18/h2-6H,7H2,1H3. The minimum absolute atomic E-state index is 0.0471. The summed E-state index contributed by atoms with van der Waals surface area (Å²) in [6, 6.07) is 7.41. The zero-order valence-electron chi connectivity index (χ0n) is 10.0. The van der Waals surface area contributed by atoms with Crippen LogP contribution in [0.2, 0.25) is 0 Å². The van der Waals surface area contributed by atoms with E-state index in [0.717, 1.165) is 22.2 Å². The average Bonchev–Trinajstić information content (AvgIpc) is 2.37. The Bertz CT molecular complexity index is 593. The molecular weight excluding hydrogens is 338 g/mol. The maximum atomic E-state index is 13.7. The molecule has 0 atom stereocenters. The molecule has 0 spiro atoms. The Morgan fingerprint density at radius 3 is 2.32 bits per heavy atom. The van der Waals surface area contributed by atoms with Crippen LogP contribution in [0.15, 0.2) is 34.8 Å². The van der Waals surface area contributed by atoms with Gasteiger partial charge < -0.3 is 4.74 Å². The Hall–Kier alpha value is -1.13. The molecule has 0 saturated carbocycles. The van der Waals surface area contributed by atoms with Gasteiger partial charge in [0.25, 0.3) is 0 Å². The highest BCUT2D eigenvalue weighted by Crippen LogP contribution is 2.31. The van der Waals surface area contributed by atoms with Gasteiger partial charge in [0, 0.05) is 10.4 Å². The normalized spacial score (nSPS) is 10.6. The van der Waals surface area contributed by atoms with Crippen LogP contribution in [0, 0.1) is 18.6 Å². The van der Waals surface area contributed by atoms with Gasteiger partial charge in [0.2, 0.25) is 0 Å². The van der Waals surface area contributed by atoms with Gasteiger partial charge in [0.05, 0.1) is 0 Å². The monoisotopic (exact) mass is 346 g/mol. The van der Waals surface area contributed by atoms with Gasteiger partial charge in [-0.2, -0.15) is 0 Å². The van der Waals surface area contributed by atoms with E-state index < -0.39 is 17.4 Å². The fraction of sp³-hybridized carbons (Fsp3) is 0.143. The predicted molar refractivity (Wildman–Crippen MR) is 74.9 cm³/mol. The Morgan fingerprint density at radius 1 is 1.16 bits per heavy atom. The zero-order chi connectivity index (χ0) is 14.0. The lowest BCUT2D eigenvalue weighted by molar-refractivity contribution is 0.406. The number of aryl methyl sites for hydroxylation is 1. The highest BCUT2D eigenvalue weighted by atomic mass is 79.9. The molecular formula is C14H10BrClF2O. The highest BCUT2D eigenvalue weighted by Gasteiger charge is 2.13. The van der Waals surface area contributed by atoms with Crippen molar-refractivity contribution in [1.82, 2.24) is 0 Å². The van der Waals surface area contributed by atoms with Gasteiger partial charge in [-0.3, -0.25) is 0 Å². The first-order valence-electron chi connectivity index (χ1n) is 5.49. The second-order valence-corrected chi connectivity index (χ2v) is 5.16. The van der Waals surface area contributed by atoms with E-state index in [2.05, 4.69) is 15.9 Å². The summed E-state index contributed by atoms with van der Waals surface area (Å²) in [4.78, 5) is 0. The summed E-state index contributed by atoms with van der Waals surface area (Å²) in [5, 5.41) is 0. The maximum Gasteiger partial charge on any atom is 0.198 e. The van der Waals surface area contributed by atoms with Crippen molar-refractivity contribution in [2.75, 3.05) is 0 Å². The van der Waals surface area contributed by atoms with E-state index in [0.29, 0.717) is 11.3 Å². The van der Waals surface area contributed by atoms with Crippen LogP contribution in [0.3, 0.4) is 0 Å². The highest BCUT2D eigenvalue weighted by molar-refractivity contribution is 9.10. The first-order valence-corrected chi connectivity index (χ1v) is 6.82. The molecule has 0 aromatic heterocycles. The molecule has 0 amide bonds. The van der Waals surface area contributed by atoms with Crippen molar-refractivity contribution in [3.63, 3.8) is 0 Å². The van der Waals surface area contributed by atoms with E-state index in [9.17, 15) is 8.78 Å². The molecule has 0 aliphatic heterocycles. The van der Waals surface area contributed by atoms with E-state index >= 15 is 0 Å². The molecule has 100 valence electrons. The molecule has 0 fully saturated rings. The van der Waals surface area contributed by atoms with E-state index in [1.807, 2.05) is 6.92 Å². The Morgan fingerprint density at radius 2 is 1.79 bits per heavy atom. The molecule has 0 N–H and O–H groups in total. The van der Waals surface area contributed by atoms with Crippen molar-refractivity contribution < 1.29 is 13.5 Å². The largest absolute Gasteiger partial charge is 0.451 e. The minimum Gasteiger partial charge on any atom is -0.451 e. The third-order valence-electron chi connectivity index (χ3n) is 2.56. The summed E-state index contributed by atoms with van der Waals surface area (Å²) in [5.41, 5.74) is 1.28. The zero-order valence-corrected chi connectivity index (χ0v) is 12.4. The Labute approximate surface area is 123 Å². The smallest absolute Gasteiger partial charge is 0.198 e. The van der Waals surface area contributed by atoms with Crippen LogP contribution >= 0.6 is 27.5 Å². The third-order valence-corrected chi connectivity index (χ3v) is 3.76. The number of alkyl halides is 1. The van der Waals surface area contributed by atoms with Crippen LogP contribution in [-0.2, 0) is 5.88 Å². The Balaban J connectivity index is 2.35. The van der Waals surface area contributed by atoms with Crippen molar-refractivity contribution in [2.24, 2.45) is 0 Å². The lowest BCUT2D eigenvalue weighted by Gasteiger charge is -2.10. The van der Waals surface area contributed by atoms with Gasteiger partial charge in [0.1, 0.15) is 5.75 Å². The second kappa shape index (κ2) is 5.88. The van der Waals surface area contributed by atoms with Crippen molar-refractivity contribution in [1.29, 1.82) is 0 Å². The SMILES string of the molecule is Cc1cc(Oc2c(F)cc(CCl)cc2F)ccc1Br. The lowest BCUT2D eigenvalue weighted by Crippen LogP contribution is -1.95. The molecule has 0 bridgehead atoms. The summed E-state index contributed by atoms with van der Waals surface area (Å²) in [5.74, 6) is -1.54. The van der Waals surface area contributed by atoms with E-state index in [4.69, 9.17) is 16.3 Å². The lowest BCUT2D eigenvalue weighted by atomic mass is 10.2. The topological polar surface area (TPSA) is 9.23 Å².